The van der Waals surface area contributed by atoms with E-state index in [1.165, 1.54) is 0 Å². The fourth-order valence-electron chi connectivity index (χ4n) is 4.21. The van der Waals surface area contributed by atoms with E-state index in [1.54, 1.807) is 19.2 Å². The lowest BCUT2D eigenvalue weighted by Gasteiger charge is -2.26. The van der Waals surface area contributed by atoms with Gasteiger partial charge in [-0.15, -0.1) is 0 Å². The van der Waals surface area contributed by atoms with E-state index in [4.69, 9.17) is 19.6 Å². The molecule has 7 heteroatoms. The van der Waals surface area contributed by atoms with Crippen LogP contribution in [0.2, 0.25) is 0 Å². The average Bonchev–Trinajstić information content (AvgIpc) is 3.30. The summed E-state index contributed by atoms with van der Waals surface area (Å²) < 4.78 is 16.9. The molecule has 7 nitrogen and oxygen atoms in total. The quantitative estimate of drug-likeness (QED) is 0.405. The Kier molecular flexibility index (Phi) is 6.20. The van der Waals surface area contributed by atoms with Crippen LogP contribution < -0.4 is 15.8 Å². The van der Waals surface area contributed by atoms with Crippen molar-refractivity contribution in [2.24, 2.45) is 0 Å². The largest absolute Gasteiger partial charge is 0.493 e. The lowest BCUT2D eigenvalue weighted by atomic mass is 10.0. The van der Waals surface area contributed by atoms with E-state index in [9.17, 15) is 4.79 Å². The minimum atomic E-state index is -0.370. The third-order valence-electron chi connectivity index (χ3n) is 6.00. The second kappa shape index (κ2) is 9.59. The number of methoxy groups -OCH3 is 1. The minimum Gasteiger partial charge on any atom is -0.493 e. The SMILES string of the molecule is COc1cc(CN2CCOCC2)cc2cc(C(=O)Nc3cc(-c4ccccc4)ccc3N)oc12. The highest BCUT2D eigenvalue weighted by Crippen LogP contribution is 2.32. The lowest BCUT2D eigenvalue weighted by Crippen LogP contribution is -2.35. The van der Waals surface area contributed by atoms with E-state index < -0.39 is 0 Å². The number of nitrogens with zero attached hydrogens (tertiary/aromatic N) is 1. The minimum absolute atomic E-state index is 0.196. The maximum Gasteiger partial charge on any atom is 0.291 e. The number of ether oxygens (including phenoxy) is 2. The number of nitrogens with one attached hydrogen (secondary N) is 1. The Labute approximate surface area is 198 Å². The number of furan rings is 1. The van der Waals surface area contributed by atoms with Crippen LogP contribution in [0.5, 0.6) is 5.75 Å². The summed E-state index contributed by atoms with van der Waals surface area (Å²) in [4.78, 5) is 15.4. The zero-order valence-electron chi connectivity index (χ0n) is 19.0. The Morgan fingerprint density at radius 1 is 1.03 bits per heavy atom. The van der Waals surface area contributed by atoms with Crippen LogP contribution in [0.4, 0.5) is 11.4 Å². The van der Waals surface area contributed by atoms with Crippen LogP contribution in [0.1, 0.15) is 16.1 Å². The van der Waals surface area contributed by atoms with E-state index in [2.05, 4.69) is 10.2 Å². The fourth-order valence-corrected chi connectivity index (χ4v) is 4.21. The molecule has 34 heavy (non-hydrogen) atoms. The van der Waals surface area contributed by atoms with Gasteiger partial charge in [0, 0.05) is 25.0 Å². The van der Waals surface area contributed by atoms with Gasteiger partial charge >= 0.3 is 0 Å². The molecule has 0 bridgehead atoms. The van der Waals surface area contributed by atoms with Gasteiger partial charge < -0.3 is 24.9 Å². The highest BCUT2D eigenvalue weighted by Gasteiger charge is 2.19. The maximum atomic E-state index is 13.1. The van der Waals surface area contributed by atoms with Gasteiger partial charge in [-0.05, 0) is 47.0 Å². The van der Waals surface area contributed by atoms with Gasteiger partial charge in [0.2, 0.25) is 0 Å². The highest BCUT2D eigenvalue weighted by atomic mass is 16.5. The molecule has 0 unspecified atom stereocenters. The Morgan fingerprint density at radius 2 is 1.82 bits per heavy atom. The van der Waals surface area contributed by atoms with Crippen LogP contribution in [-0.2, 0) is 11.3 Å². The molecule has 1 aliphatic rings. The van der Waals surface area contributed by atoms with E-state index >= 15 is 0 Å². The lowest BCUT2D eigenvalue weighted by molar-refractivity contribution is 0.0342. The first-order valence-electron chi connectivity index (χ1n) is 11.3. The number of carbonyl (C=O) groups is 1. The number of nitrogen functional groups attached to an aromatic ring is 1. The smallest absolute Gasteiger partial charge is 0.291 e. The van der Waals surface area contributed by atoms with Crippen LogP contribution in [0.25, 0.3) is 22.1 Å². The van der Waals surface area contributed by atoms with Gasteiger partial charge in [0.15, 0.2) is 17.1 Å². The van der Waals surface area contributed by atoms with E-state index in [-0.39, 0.29) is 11.7 Å². The first kappa shape index (κ1) is 22.0. The predicted molar refractivity (Wildman–Crippen MR) is 133 cm³/mol. The second-order valence-electron chi connectivity index (χ2n) is 8.34. The molecule has 1 fully saturated rings. The standard InChI is InChI=1S/C27H27N3O4/c1-32-24-14-18(17-30-9-11-33-12-10-30)13-21-16-25(34-26(21)24)27(31)29-23-15-20(7-8-22(23)28)19-5-3-2-4-6-19/h2-8,13-16H,9-12,17,28H2,1H3,(H,29,31). The van der Waals surface area contributed by atoms with Crippen molar-refractivity contribution in [1.82, 2.24) is 4.90 Å². The summed E-state index contributed by atoms with van der Waals surface area (Å²) in [6.07, 6.45) is 0. The normalized spacial score (nSPS) is 14.3. The van der Waals surface area contributed by atoms with Crippen molar-refractivity contribution in [3.8, 4) is 16.9 Å². The van der Waals surface area contributed by atoms with Crippen LogP contribution in [0, 0.1) is 0 Å². The van der Waals surface area contributed by atoms with Gasteiger partial charge in [0.05, 0.1) is 31.7 Å². The summed E-state index contributed by atoms with van der Waals surface area (Å²) in [6.45, 7) is 4.05. The monoisotopic (exact) mass is 457 g/mol. The Hall–Kier alpha value is -3.81. The van der Waals surface area contributed by atoms with Gasteiger partial charge in [-0.25, -0.2) is 0 Å². The number of hydrogen-bond donors (Lipinski definition) is 2. The fraction of sp³-hybridized carbons (Fsp3) is 0.222. The molecular weight excluding hydrogens is 430 g/mol. The van der Waals surface area contributed by atoms with Gasteiger partial charge in [-0.1, -0.05) is 36.4 Å². The number of nitrogens with two attached hydrogens (primary N) is 1. The highest BCUT2D eigenvalue weighted by molar-refractivity contribution is 6.06. The van der Waals surface area contributed by atoms with Crippen LogP contribution in [0.15, 0.2) is 71.1 Å². The zero-order chi connectivity index (χ0) is 23.5. The summed E-state index contributed by atoms with van der Waals surface area (Å²) in [5.41, 5.74) is 10.8. The molecule has 0 radical (unpaired) electrons. The topological polar surface area (TPSA) is 90.0 Å². The molecule has 3 aromatic carbocycles. The molecule has 174 valence electrons. The Bertz CT molecular complexity index is 1310. The van der Waals surface area contributed by atoms with E-state index in [0.717, 1.165) is 54.9 Å². The molecule has 1 amide bonds. The predicted octanol–water partition coefficient (Wildman–Crippen LogP) is 4.78. The molecule has 5 rings (SSSR count). The van der Waals surface area contributed by atoms with Gasteiger partial charge in [-0.3, -0.25) is 9.69 Å². The molecule has 1 saturated heterocycles. The van der Waals surface area contributed by atoms with Crippen molar-refractivity contribution in [2.75, 3.05) is 44.5 Å². The van der Waals surface area contributed by atoms with Crippen LogP contribution in [-0.4, -0.2) is 44.2 Å². The van der Waals surface area contributed by atoms with Crippen molar-refractivity contribution in [3.05, 3.63) is 78.1 Å². The van der Waals surface area contributed by atoms with Crippen molar-refractivity contribution in [2.45, 2.75) is 6.54 Å². The number of carbonyl (C=O) groups excluding carboxylic acids is 1. The molecular formula is C27H27N3O4. The Balaban J connectivity index is 1.40. The van der Waals surface area contributed by atoms with E-state index in [0.29, 0.717) is 22.7 Å². The summed E-state index contributed by atoms with van der Waals surface area (Å²) in [5.74, 6) is 0.427. The zero-order valence-corrected chi connectivity index (χ0v) is 19.0. The van der Waals surface area contributed by atoms with Gasteiger partial charge in [0.25, 0.3) is 5.91 Å². The van der Waals surface area contributed by atoms with E-state index in [1.807, 2.05) is 54.6 Å². The number of rotatable bonds is 6. The number of hydrogen-bond acceptors (Lipinski definition) is 6. The van der Waals surface area contributed by atoms with Crippen molar-refractivity contribution < 1.29 is 18.7 Å². The van der Waals surface area contributed by atoms with Crippen molar-refractivity contribution in [1.29, 1.82) is 0 Å². The second-order valence-corrected chi connectivity index (χ2v) is 8.34. The number of morpholine rings is 1. The molecule has 1 aliphatic heterocycles. The molecule has 1 aromatic heterocycles. The average molecular weight is 458 g/mol. The summed E-state index contributed by atoms with van der Waals surface area (Å²) in [5, 5.41) is 3.71. The van der Waals surface area contributed by atoms with Gasteiger partial charge in [-0.2, -0.15) is 0 Å². The maximum absolute atomic E-state index is 13.1. The summed E-state index contributed by atoms with van der Waals surface area (Å²) in [6, 6.07) is 21.3. The number of benzene rings is 3. The number of anilines is 2. The summed E-state index contributed by atoms with van der Waals surface area (Å²) in [7, 11) is 1.60. The van der Waals surface area contributed by atoms with Crippen LogP contribution in [0.3, 0.4) is 0 Å². The number of amides is 1. The molecule has 0 spiro atoms. The molecule has 2 heterocycles. The molecule has 0 atom stereocenters. The Morgan fingerprint density at radius 3 is 2.59 bits per heavy atom. The van der Waals surface area contributed by atoms with Gasteiger partial charge in [0.1, 0.15) is 0 Å². The first-order chi connectivity index (χ1) is 16.6. The van der Waals surface area contributed by atoms with Crippen LogP contribution >= 0.6 is 0 Å². The summed E-state index contributed by atoms with van der Waals surface area (Å²) >= 11 is 0. The molecule has 4 aromatic rings. The first-order valence-corrected chi connectivity index (χ1v) is 11.3. The number of fused-ring (bicyclic) bond motifs is 1. The molecule has 3 N–H and O–H groups in total. The van der Waals surface area contributed by atoms with Crippen molar-refractivity contribution in [3.63, 3.8) is 0 Å². The third kappa shape index (κ3) is 4.62. The third-order valence-corrected chi connectivity index (χ3v) is 6.00. The molecule has 0 saturated carbocycles. The molecule has 0 aliphatic carbocycles. The van der Waals surface area contributed by atoms with Crippen molar-refractivity contribution >= 4 is 28.3 Å².